The Morgan fingerprint density at radius 1 is 1.11 bits per heavy atom. The van der Waals surface area contributed by atoms with E-state index in [2.05, 4.69) is 19.2 Å². The average Bonchev–Trinajstić information content (AvgIpc) is 2.68. The summed E-state index contributed by atoms with van der Waals surface area (Å²) >= 11 is 0. The van der Waals surface area contributed by atoms with Crippen LogP contribution >= 0.6 is 0 Å². The minimum Gasteiger partial charge on any atom is -0.338 e. The zero-order chi connectivity index (χ0) is 19.4. The Morgan fingerprint density at radius 3 is 2.52 bits per heavy atom. The third-order valence-corrected chi connectivity index (χ3v) is 5.01. The van der Waals surface area contributed by atoms with E-state index in [0.717, 1.165) is 24.1 Å². The molecular weight excluding hydrogens is 343 g/mol. The van der Waals surface area contributed by atoms with Crippen molar-refractivity contribution >= 4 is 17.5 Å². The highest BCUT2D eigenvalue weighted by atomic mass is 19.1. The minimum atomic E-state index is -0.369. The van der Waals surface area contributed by atoms with Gasteiger partial charge in [0.1, 0.15) is 5.82 Å². The fourth-order valence-corrected chi connectivity index (χ4v) is 3.50. The molecule has 1 aliphatic heterocycles. The van der Waals surface area contributed by atoms with Crippen molar-refractivity contribution in [3.05, 3.63) is 65.5 Å². The van der Waals surface area contributed by atoms with E-state index in [4.69, 9.17) is 0 Å². The molecule has 3 rings (SSSR count). The van der Waals surface area contributed by atoms with Crippen LogP contribution in [0.5, 0.6) is 0 Å². The lowest BCUT2D eigenvalue weighted by molar-refractivity contribution is -0.121. The fourth-order valence-electron chi connectivity index (χ4n) is 3.50. The van der Waals surface area contributed by atoms with Crippen molar-refractivity contribution in [3.8, 4) is 0 Å². The minimum absolute atomic E-state index is 0.0558. The van der Waals surface area contributed by atoms with Gasteiger partial charge in [0, 0.05) is 24.3 Å². The molecule has 142 valence electrons. The van der Waals surface area contributed by atoms with Crippen molar-refractivity contribution in [1.29, 1.82) is 0 Å². The summed E-state index contributed by atoms with van der Waals surface area (Å²) in [6.07, 6.45) is 1.53. The maximum Gasteiger partial charge on any atom is 0.253 e. The second kappa shape index (κ2) is 8.33. The fraction of sp³-hybridized carbons (Fsp3) is 0.364. The van der Waals surface area contributed by atoms with Crippen molar-refractivity contribution in [2.24, 2.45) is 5.92 Å². The van der Waals surface area contributed by atoms with E-state index in [-0.39, 0.29) is 23.5 Å². The van der Waals surface area contributed by atoms with E-state index in [1.807, 2.05) is 24.3 Å². The number of anilines is 1. The molecule has 1 saturated heterocycles. The SMILES string of the molecule is CC(C)c1ccccc1NC(=O)C1CCCN(C(=O)c2ccc(F)cc2)C1. The van der Waals surface area contributed by atoms with Crippen LogP contribution in [0.1, 0.15) is 48.5 Å². The first kappa shape index (κ1) is 19.1. The van der Waals surface area contributed by atoms with Crippen molar-refractivity contribution in [2.45, 2.75) is 32.6 Å². The van der Waals surface area contributed by atoms with Crippen LogP contribution in [-0.2, 0) is 4.79 Å². The Hall–Kier alpha value is -2.69. The number of hydrogen-bond acceptors (Lipinski definition) is 2. The largest absolute Gasteiger partial charge is 0.338 e. The van der Waals surface area contributed by atoms with Gasteiger partial charge in [0.05, 0.1) is 5.92 Å². The summed E-state index contributed by atoms with van der Waals surface area (Å²) in [6, 6.07) is 13.3. The third-order valence-electron chi connectivity index (χ3n) is 5.01. The number of nitrogens with one attached hydrogen (secondary N) is 1. The number of halogens is 1. The number of benzene rings is 2. The molecule has 0 saturated carbocycles. The van der Waals surface area contributed by atoms with Crippen LogP contribution < -0.4 is 5.32 Å². The molecule has 1 unspecified atom stereocenters. The first-order valence-corrected chi connectivity index (χ1v) is 9.40. The van der Waals surface area contributed by atoms with Crippen molar-refractivity contribution in [2.75, 3.05) is 18.4 Å². The van der Waals surface area contributed by atoms with Gasteiger partial charge in [0.25, 0.3) is 5.91 Å². The number of para-hydroxylation sites is 1. The first-order valence-electron chi connectivity index (χ1n) is 9.40. The molecule has 0 bridgehead atoms. The van der Waals surface area contributed by atoms with E-state index >= 15 is 0 Å². The lowest BCUT2D eigenvalue weighted by atomic mass is 9.95. The highest BCUT2D eigenvalue weighted by Gasteiger charge is 2.29. The second-order valence-corrected chi connectivity index (χ2v) is 7.33. The molecule has 4 nitrogen and oxygen atoms in total. The van der Waals surface area contributed by atoms with E-state index in [1.165, 1.54) is 24.3 Å². The molecule has 0 aliphatic carbocycles. The smallest absolute Gasteiger partial charge is 0.253 e. The Bertz CT molecular complexity index is 817. The van der Waals surface area contributed by atoms with Gasteiger partial charge >= 0.3 is 0 Å². The van der Waals surface area contributed by atoms with Gasteiger partial charge in [-0.25, -0.2) is 4.39 Å². The van der Waals surface area contributed by atoms with E-state index in [0.29, 0.717) is 24.6 Å². The molecule has 1 aliphatic rings. The predicted octanol–water partition coefficient (Wildman–Crippen LogP) is 4.44. The summed E-state index contributed by atoms with van der Waals surface area (Å²) in [5, 5.41) is 3.04. The monoisotopic (exact) mass is 368 g/mol. The van der Waals surface area contributed by atoms with E-state index in [9.17, 15) is 14.0 Å². The first-order chi connectivity index (χ1) is 13.0. The molecule has 1 N–H and O–H groups in total. The van der Waals surface area contributed by atoms with Gasteiger partial charge in [0.2, 0.25) is 5.91 Å². The molecule has 2 aromatic carbocycles. The number of likely N-dealkylation sites (tertiary alicyclic amines) is 1. The van der Waals surface area contributed by atoms with Crippen LogP contribution in [0.4, 0.5) is 10.1 Å². The quantitative estimate of drug-likeness (QED) is 0.867. The van der Waals surface area contributed by atoms with Gasteiger partial charge in [-0.1, -0.05) is 32.0 Å². The molecule has 1 heterocycles. The van der Waals surface area contributed by atoms with Crippen molar-refractivity contribution < 1.29 is 14.0 Å². The predicted molar refractivity (Wildman–Crippen MR) is 104 cm³/mol. The topological polar surface area (TPSA) is 49.4 Å². The Balaban J connectivity index is 1.68. The van der Waals surface area contributed by atoms with Gasteiger partial charge in [0.15, 0.2) is 0 Å². The highest BCUT2D eigenvalue weighted by molar-refractivity contribution is 5.96. The molecular formula is C22H25FN2O2. The van der Waals surface area contributed by atoms with Crippen LogP contribution in [0, 0.1) is 11.7 Å². The molecule has 5 heteroatoms. The number of nitrogens with zero attached hydrogens (tertiary/aromatic N) is 1. The molecule has 1 fully saturated rings. The Kier molecular flexibility index (Phi) is 5.89. The van der Waals surface area contributed by atoms with Gasteiger partial charge in [-0.3, -0.25) is 9.59 Å². The van der Waals surface area contributed by atoms with Crippen LogP contribution in [0.3, 0.4) is 0 Å². The zero-order valence-electron chi connectivity index (χ0n) is 15.7. The molecule has 0 radical (unpaired) electrons. The number of rotatable bonds is 4. The second-order valence-electron chi connectivity index (χ2n) is 7.33. The summed E-state index contributed by atoms with van der Waals surface area (Å²) < 4.78 is 13.1. The molecule has 0 spiro atoms. The summed E-state index contributed by atoms with van der Waals surface area (Å²) in [7, 11) is 0. The number of amides is 2. The zero-order valence-corrected chi connectivity index (χ0v) is 15.7. The Morgan fingerprint density at radius 2 is 1.81 bits per heavy atom. The highest BCUT2D eigenvalue weighted by Crippen LogP contribution is 2.26. The van der Waals surface area contributed by atoms with Crippen molar-refractivity contribution in [1.82, 2.24) is 4.90 Å². The van der Waals surface area contributed by atoms with Crippen LogP contribution in [0.25, 0.3) is 0 Å². The van der Waals surface area contributed by atoms with Crippen LogP contribution in [0.2, 0.25) is 0 Å². The summed E-state index contributed by atoms with van der Waals surface area (Å²) in [6.45, 7) is 5.18. The van der Waals surface area contributed by atoms with Gasteiger partial charge in [-0.05, 0) is 54.7 Å². The lowest BCUT2D eigenvalue weighted by Gasteiger charge is -2.32. The molecule has 0 aromatic heterocycles. The number of carbonyl (C=O) groups excluding carboxylic acids is 2. The lowest BCUT2D eigenvalue weighted by Crippen LogP contribution is -2.43. The van der Waals surface area contributed by atoms with Gasteiger partial charge in [-0.15, -0.1) is 0 Å². The van der Waals surface area contributed by atoms with Gasteiger partial charge < -0.3 is 10.2 Å². The number of carbonyl (C=O) groups is 2. The molecule has 27 heavy (non-hydrogen) atoms. The van der Waals surface area contributed by atoms with Crippen LogP contribution in [0.15, 0.2) is 48.5 Å². The van der Waals surface area contributed by atoms with Crippen LogP contribution in [-0.4, -0.2) is 29.8 Å². The standard InChI is InChI=1S/C22H25FN2O2/c1-15(2)19-7-3-4-8-20(19)24-21(26)17-6-5-13-25(14-17)22(27)16-9-11-18(23)12-10-16/h3-4,7-12,15,17H,5-6,13-14H2,1-2H3,(H,24,26). The maximum atomic E-state index is 13.1. The summed E-state index contributed by atoms with van der Waals surface area (Å²) in [5.74, 6) is -0.520. The molecule has 2 aromatic rings. The third kappa shape index (κ3) is 4.54. The Labute approximate surface area is 159 Å². The number of piperidine rings is 1. The van der Waals surface area contributed by atoms with Gasteiger partial charge in [-0.2, -0.15) is 0 Å². The van der Waals surface area contributed by atoms with Crippen molar-refractivity contribution in [3.63, 3.8) is 0 Å². The molecule has 1 atom stereocenters. The normalized spacial score (nSPS) is 17.0. The summed E-state index contributed by atoms with van der Waals surface area (Å²) in [5.41, 5.74) is 2.38. The average molecular weight is 368 g/mol. The summed E-state index contributed by atoms with van der Waals surface area (Å²) in [4.78, 5) is 27.1. The maximum absolute atomic E-state index is 13.1. The van der Waals surface area contributed by atoms with E-state index in [1.54, 1.807) is 4.90 Å². The van der Waals surface area contributed by atoms with E-state index < -0.39 is 0 Å². The number of hydrogen-bond donors (Lipinski definition) is 1. The molecule has 2 amide bonds.